The summed E-state index contributed by atoms with van der Waals surface area (Å²) in [5.41, 5.74) is 0.790. The molecule has 0 fully saturated rings. The number of fused-ring (bicyclic) bond motifs is 1. The molecule has 168 valence electrons. The number of furan rings is 1. The Labute approximate surface area is 197 Å². The second-order valence-electron chi connectivity index (χ2n) is 7.05. The summed E-state index contributed by atoms with van der Waals surface area (Å²) in [6.07, 6.45) is 2.78. The van der Waals surface area contributed by atoms with Gasteiger partial charge in [0.1, 0.15) is 5.76 Å². The zero-order chi connectivity index (χ0) is 23.7. The number of nitrogens with one attached hydrogen (secondary N) is 1. The molecule has 0 atom stereocenters. The van der Waals surface area contributed by atoms with E-state index in [2.05, 4.69) is 10.3 Å². The second-order valence-corrected chi connectivity index (χ2v) is 7.84. The number of carbonyl (C=O) groups is 4. The van der Waals surface area contributed by atoms with Crippen LogP contribution in [0.4, 0.5) is 5.82 Å². The summed E-state index contributed by atoms with van der Waals surface area (Å²) in [5.74, 6) is -2.04. The summed E-state index contributed by atoms with van der Waals surface area (Å²) >= 11 is 12.0. The third-order valence-electron chi connectivity index (χ3n) is 4.89. The van der Waals surface area contributed by atoms with E-state index in [1.165, 1.54) is 30.7 Å². The van der Waals surface area contributed by atoms with E-state index in [1.54, 1.807) is 19.1 Å². The van der Waals surface area contributed by atoms with Gasteiger partial charge in [-0.2, -0.15) is 0 Å². The van der Waals surface area contributed by atoms with Crippen LogP contribution in [0, 0.1) is 6.92 Å². The number of halogens is 2. The van der Waals surface area contributed by atoms with Crippen LogP contribution in [0.1, 0.15) is 42.4 Å². The van der Waals surface area contributed by atoms with Crippen LogP contribution in [-0.2, 0) is 16.1 Å². The molecule has 0 bridgehead atoms. The first-order chi connectivity index (χ1) is 15.8. The number of imide groups is 1. The van der Waals surface area contributed by atoms with Crippen LogP contribution in [-0.4, -0.2) is 40.2 Å². The van der Waals surface area contributed by atoms with Crippen LogP contribution >= 0.6 is 23.2 Å². The van der Waals surface area contributed by atoms with E-state index in [4.69, 9.17) is 32.4 Å². The first-order valence-corrected chi connectivity index (χ1v) is 10.3. The molecule has 1 aliphatic rings. The summed E-state index contributed by atoms with van der Waals surface area (Å²) in [5, 5.41) is 2.95. The van der Waals surface area contributed by atoms with Gasteiger partial charge in [0.15, 0.2) is 12.4 Å². The highest BCUT2D eigenvalue weighted by atomic mass is 35.5. The highest BCUT2D eigenvalue weighted by molar-refractivity contribution is 6.37. The van der Waals surface area contributed by atoms with Crippen molar-refractivity contribution in [1.29, 1.82) is 0 Å². The minimum atomic E-state index is -0.843. The second kappa shape index (κ2) is 9.05. The number of nitrogens with zero attached hydrogens (tertiary/aromatic N) is 2. The van der Waals surface area contributed by atoms with Crippen molar-refractivity contribution < 1.29 is 28.3 Å². The lowest BCUT2D eigenvalue weighted by molar-refractivity contribution is -0.119. The van der Waals surface area contributed by atoms with Gasteiger partial charge in [-0.05, 0) is 42.8 Å². The maximum Gasteiger partial charge on any atom is 0.338 e. The van der Waals surface area contributed by atoms with Crippen LogP contribution in [0.15, 0.2) is 47.2 Å². The number of benzene rings is 1. The fraction of sp³-hybridized carbons (Fsp3) is 0.136. The van der Waals surface area contributed by atoms with Crippen molar-refractivity contribution in [3.8, 4) is 0 Å². The first-order valence-electron chi connectivity index (χ1n) is 9.56. The molecule has 0 spiro atoms. The Bertz CT molecular complexity index is 1290. The summed E-state index contributed by atoms with van der Waals surface area (Å²) in [4.78, 5) is 54.7. The zero-order valence-electron chi connectivity index (χ0n) is 17.1. The van der Waals surface area contributed by atoms with Crippen molar-refractivity contribution in [3.05, 3.63) is 80.9 Å². The number of aromatic nitrogens is 1. The van der Waals surface area contributed by atoms with E-state index in [0.717, 1.165) is 4.90 Å². The molecule has 9 nitrogen and oxygen atoms in total. The predicted molar refractivity (Wildman–Crippen MR) is 117 cm³/mol. The molecule has 1 aromatic carbocycles. The number of pyridine rings is 1. The maximum atomic E-state index is 12.7. The average molecular weight is 488 g/mol. The molecule has 0 saturated heterocycles. The van der Waals surface area contributed by atoms with Crippen molar-refractivity contribution >= 4 is 52.7 Å². The van der Waals surface area contributed by atoms with Crippen LogP contribution in [0.2, 0.25) is 10.0 Å². The lowest BCUT2D eigenvalue weighted by atomic mass is 10.1. The SMILES string of the molecule is Cc1c(Cl)cnc(NC(=O)COC(=O)c2ccc3c(c2)C(=O)N(Cc2ccco2)C3=O)c1Cl. The van der Waals surface area contributed by atoms with Gasteiger partial charge >= 0.3 is 5.97 Å². The first kappa shape index (κ1) is 22.5. The van der Waals surface area contributed by atoms with Crippen LogP contribution < -0.4 is 5.32 Å². The fourth-order valence-electron chi connectivity index (χ4n) is 3.15. The van der Waals surface area contributed by atoms with Gasteiger partial charge in [-0.15, -0.1) is 0 Å². The fourth-order valence-corrected chi connectivity index (χ4v) is 3.54. The van der Waals surface area contributed by atoms with Crippen molar-refractivity contribution in [3.63, 3.8) is 0 Å². The number of ether oxygens (including phenoxy) is 1. The average Bonchev–Trinajstić information content (AvgIpc) is 3.40. The van der Waals surface area contributed by atoms with Crippen LogP contribution in [0.5, 0.6) is 0 Å². The largest absolute Gasteiger partial charge is 0.467 e. The molecular weight excluding hydrogens is 473 g/mol. The molecule has 0 radical (unpaired) electrons. The van der Waals surface area contributed by atoms with E-state index < -0.39 is 30.3 Å². The smallest absolute Gasteiger partial charge is 0.338 e. The highest BCUT2D eigenvalue weighted by Gasteiger charge is 2.36. The van der Waals surface area contributed by atoms with E-state index >= 15 is 0 Å². The van der Waals surface area contributed by atoms with E-state index in [-0.39, 0.29) is 34.1 Å². The van der Waals surface area contributed by atoms with Crippen molar-refractivity contribution in [2.24, 2.45) is 0 Å². The Morgan fingerprint density at radius 2 is 1.91 bits per heavy atom. The van der Waals surface area contributed by atoms with Gasteiger partial charge in [-0.1, -0.05) is 23.2 Å². The highest BCUT2D eigenvalue weighted by Crippen LogP contribution is 2.29. The van der Waals surface area contributed by atoms with Gasteiger partial charge in [0.2, 0.25) is 0 Å². The normalized spacial score (nSPS) is 12.6. The van der Waals surface area contributed by atoms with Gasteiger partial charge in [-0.3, -0.25) is 19.3 Å². The van der Waals surface area contributed by atoms with Crippen molar-refractivity contribution in [1.82, 2.24) is 9.88 Å². The molecule has 0 unspecified atom stereocenters. The molecule has 0 saturated carbocycles. The molecule has 3 amide bonds. The number of rotatable bonds is 6. The molecule has 33 heavy (non-hydrogen) atoms. The number of hydrogen-bond acceptors (Lipinski definition) is 7. The minimum Gasteiger partial charge on any atom is -0.467 e. The van der Waals surface area contributed by atoms with Gasteiger partial charge in [0.25, 0.3) is 17.7 Å². The Hall–Kier alpha value is -3.69. The number of amides is 3. The minimum absolute atomic E-state index is 0.0149. The topological polar surface area (TPSA) is 119 Å². The molecule has 3 heterocycles. The molecule has 1 aliphatic heterocycles. The van der Waals surface area contributed by atoms with Gasteiger partial charge in [-0.25, -0.2) is 9.78 Å². The number of esters is 1. The Balaban J connectivity index is 1.41. The maximum absolute atomic E-state index is 12.7. The number of carbonyl (C=O) groups excluding carboxylic acids is 4. The number of anilines is 1. The molecular formula is C22H15Cl2N3O6. The molecule has 4 rings (SSSR count). The van der Waals surface area contributed by atoms with Crippen molar-refractivity contribution in [2.45, 2.75) is 13.5 Å². The third-order valence-corrected chi connectivity index (χ3v) is 5.74. The van der Waals surface area contributed by atoms with Crippen LogP contribution in [0.25, 0.3) is 0 Å². The van der Waals surface area contributed by atoms with Crippen molar-refractivity contribution in [2.75, 3.05) is 11.9 Å². The van der Waals surface area contributed by atoms with Gasteiger partial charge in [0.05, 0.1) is 39.5 Å². The molecule has 0 aliphatic carbocycles. The Morgan fingerprint density at radius 1 is 1.15 bits per heavy atom. The molecule has 3 aromatic rings. The summed E-state index contributed by atoms with van der Waals surface area (Å²) in [6.45, 7) is 1.02. The summed E-state index contributed by atoms with van der Waals surface area (Å²) in [7, 11) is 0. The van der Waals surface area contributed by atoms with E-state index in [9.17, 15) is 19.2 Å². The van der Waals surface area contributed by atoms with E-state index in [1.807, 2.05) is 0 Å². The monoisotopic (exact) mass is 487 g/mol. The molecule has 1 N–H and O–H groups in total. The standard InChI is InChI=1S/C22H15Cl2N3O6/c1-11-16(23)8-25-19(18(11)24)26-17(28)10-33-22(31)12-4-5-14-15(7-12)21(30)27(20(14)29)9-13-3-2-6-32-13/h2-8H,9-10H2,1H3,(H,25,26,28). The summed E-state index contributed by atoms with van der Waals surface area (Å²) in [6, 6.07) is 7.27. The quantitative estimate of drug-likeness (QED) is 0.413. The lowest BCUT2D eigenvalue weighted by Gasteiger charge is -2.11. The molecule has 2 aromatic heterocycles. The molecule has 11 heteroatoms. The third kappa shape index (κ3) is 4.46. The Morgan fingerprint density at radius 3 is 2.64 bits per heavy atom. The lowest BCUT2D eigenvalue weighted by Crippen LogP contribution is -2.28. The predicted octanol–water partition coefficient (Wildman–Crippen LogP) is 3.88. The number of hydrogen-bond donors (Lipinski definition) is 1. The zero-order valence-corrected chi connectivity index (χ0v) is 18.6. The Kier molecular flexibility index (Phi) is 6.17. The van der Waals surface area contributed by atoms with E-state index in [0.29, 0.717) is 16.3 Å². The summed E-state index contributed by atoms with van der Waals surface area (Å²) < 4.78 is 10.2. The van der Waals surface area contributed by atoms with Gasteiger partial charge < -0.3 is 14.5 Å². The van der Waals surface area contributed by atoms with Gasteiger partial charge in [0, 0.05) is 6.20 Å². The van der Waals surface area contributed by atoms with Crippen LogP contribution in [0.3, 0.4) is 0 Å².